The monoisotopic (exact) mass is 336 g/mol. The van der Waals surface area contributed by atoms with Crippen LogP contribution in [0.4, 0.5) is 0 Å². The van der Waals surface area contributed by atoms with Crippen molar-refractivity contribution in [2.24, 2.45) is 5.41 Å². The van der Waals surface area contributed by atoms with Crippen molar-refractivity contribution < 1.29 is 0 Å². The lowest BCUT2D eigenvalue weighted by molar-refractivity contribution is 0.491. The summed E-state index contributed by atoms with van der Waals surface area (Å²) >= 11 is 0. The Kier molecular flexibility index (Phi) is 12.6. The van der Waals surface area contributed by atoms with Crippen molar-refractivity contribution in [2.75, 3.05) is 55.5 Å². The van der Waals surface area contributed by atoms with Gasteiger partial charge in [-0.2, -0.15) is 0 Å². The maximum absolute atomic E-state index is 2.65. The third-order valence-corrected chi connectivity index (χ3v) is 13.5. The Morgan fingerprint density at radius 1 is 0.500 bits per heavy atom. The van der Waals surface area contributed by atoms with Crippen LogP contribution in [0.1, 0.15) is 48.5 Å². The van der Waals surface area contributed by atoms with Crippen LogP contribution >= 0.6 is 23.8 Å². The molecule has 0 aromatic carbocycles. The summed E-state index contributed by atoms with van der Waals surface area (Å²) in [5.74, 6) is 0. The molecule has 0 aliphatic heterocycles. The lowest BCUT2D eigenvalue weighted by Gasteiger charge is -2.38. The van der Waals surface area contributed by atoms with E-state index in [1.165, 1.54) is 37.0 Å². The molecule has 122 valence electrons. The van der Waals surface area contributed by atoms with Crippen LogP contribution in [-0.4, -0.2) is 55.5 Å². The fraction of sp³-hybridized carbons (Fsp3) is 1.00. The lowest BCUT2D eigenvalue weighted by Crippen LogP contribution is -2.30. The first-order valence-corrected chi connectivity index (χ1v) is 14.3. The van der Waals surface area contributed by atoms with Crippen LogP contribution in [-0.2, 0) is 0 Å². The quantitative estimate of drug-likeness (QED) is 0.354. The second-order valence-corrected chi connectivity index (χ2v) is 15.0. The smallest absolute Gasteiger partial charge is 0.0208 e. The summed E-state index contributed by atoms with van der Waals surface area (Å²) in [4.78, 5) is 0. The van der Waals surface area contributed by atoms with Crippen molar-refractivity contribution in [3.8, 4) is 0 Å². The van der Waals surface area contributed by atoms with E-state index in [9.17, 15) is 0 Å². The molecule has 0 saturated carbocycles. The first-order chi connectivity index (χ1) is 9.48. The first-order valence-electron chi connectivity index (χ1n) is 8.65. The summed E-state index contributed by atoms with van der Waals surface area (Å²) in [6, 6.07) is 0. The minimum atomic E-state index is 0.295. The van der Waals surface area contributed by atoms with Crippen molar-refractivity contribution in [1.29, 1.82) is 0 Å². The zero-order chi connectivity index (χ0) is 15.6. The summed E-state index contributed by atoms with van der Waals surface area (Å²) in [7, 11) is 0.886. The molecular weight excluding hydrogens is 297 g/mol. The molecule has 0 aromatic rings. The minimum absolute atomic E-state index is 0.295. The molecule has 3 heteroatoms. The lowest BCUT2D eigenvalue weighted by atomic mass is 9.99. The zero-order valence-electron chi connectivity index (χ0n) is 15.2. The van der Waals surface area contributed by atoms with Crippen molar-refractivity contribution in [3.63, 3.8) is 0 Å². The molecule has 0 aliphatic carbocycles. The van der Waals surface area contributed by atoms with Gasteiger partial charge in [0, 0.05) is 0 Å². The van der Waals surface area contributed by atoms with Crippen molar-refractivity contribution in [3.05, 3.63) is 0 Å². The molecule has 0 rings (SSSR count). The normalized spacial score (nSPS) is 12.9. The van der Waals surface area contributed by atoms with Gasteiger partial charge in [-0.25, -0.2) is 0 Å². The van der Waals surface area contributed by atoms with E-state index in [-0.39, 0.29) is 0 Å². The molecular formula is C17H39P3. The van der Waals surface area contributed by atoms with Gasteiger partial charge in [-0.3, -0.25) is 0 Å². The zero-order valence-corrected chi connectivity index (χ0v) is 17.9. The van der Waals surface area contributed by atoms with Gasteiger partial charge in [0.15, 0.2) is 0 Å². The Bertz CT molecular complexity index is 182. The van der Waals surface area contributed by atoms with Gasteiger partial charge < -0.3 is 0 Å². The number of hydrogen-bond acceptors (Lipinski definition) is 0. The van der Waals surface area contributed by atoms with Gasteiger partial charge in [0.2, 0.25) is 0 Å². The summed E-state index contributed by atoms with van der Waals surface area (Å²) < 4.78 is 0. The molecule has 0 radical (unpaired) electrons. The Morgan fingerprint density at radius 2 is 0.700 bits per heavy atom. The van der Waals surface area contributed by atoms with Crippen molar-refractivity contribution in [2.45, 2.75) is 48.5 Å². The third-order valence-electron chi connectivity index (χ3n) is 4.50. The Labute approximate surface area is 133 Å². The Balaban J connectivity index is 4.89. The van der Waals surface area contributed by atoms with Crippen LogP contribution in [0.3, 0.4) is 0 Å². The highest BCUT2D eigenvalue weighted by atomic mass is 31.1. The van der Waals surface area contributed by atoms with Crippen LogP contribution in [0.25, 0.3) is 0 Å². The molecule has 0 N–H and O–H groups in total. The molecule has 0 amide bonds. The van der Waals surface area contributed by atoms with Gasteiger partial charge in [-0.05, 0) is 60.9 Å². The molecule has 0 unspecified atom stereocenters. The number of rotatable bonds is 12. The molecule has 0 aliphatic rings. The average molecular weight is 336 g/mol. The van der Waals surface area contributed by atoms with Crippen LogP contribution in [0.5, 0.6) is 0 Å². The molecule has 0 spiro atoms. The van der Waals surface area contributed by atoms with E-state index < -0.39 is 0 Å². The highest BCUT2D eigenvalue weighted by molar-refractivity contribution is 7.59. The summed E-state index contributed by atoms with van der Waals surface area (Å²) in [5.41, 5.74) is 0.660. The van der Waals surface area contributed by atoms with Gasteiger partial charge in [-0.1, -0.05) is 48.5 Å². The molecule has 0 bridgehead atoms. The second-order valence-electron chi connectivity index (χ2n) is 6.19. The predicted molar refractivity (Wildman–Crippen MR) is 107 cm³/mol. The fourth-order valence-electron chi connectivity index (χ4n) is 3.11. The Hall–Kier alpha value is 1.29. The van der Waals surface area contributed by atoms with Crippen LogP contribution < -0.4 is 0 Å². The van der Waals surface area contributed by atoms with E-state index in [0.717, 1.165) is 0 Å². The summed E-state index contributed by atoms with van der Waals surface area (Å²) in [6.07, 6.45) is 13.3. The maximum atomic E-state index is 2.65. The van der Waals surface area contributed by atoms with Gasteiger partial charge >= 0.3 is 0 Å². The van der Waals surface area contributed by atoms with Crippen LogP contribution in [0.2, 0.25) is 0 Å². The summed E-state index contributed by atoms with van der Waals surface area (Å²) in [6.45, 7) is 17.2. The van der Waals surface area contributed by atoms with E-state index >= 15 is 0 Å². The van der Waals surface area contributed by atoms with Gasteiger partial charge in [0.05, 0.1) is 0 Å². The van der Waals surface area contributed by atoms with E-state index in [4.69, 9.17) is 0 Å². The Morgan fingerprint density at radius 3 is 0.850 bits per heavy atom. The van der Waals surface area contributed by atoms with E-state index in [1.54, 1.807) is 18.5 Å². The standard InChI is InChI=1S/C17H39P3/c1-8-18(9-2)14-17(7,15-19(10-3)11-4)16-20(12-5)13-6/h8-16H2,1-7H3. The van der Waals surface area contributed by atoms with Gasteiger partial charge in [0.1, 0.15) is 0 Å². The van der Waals surface area contributed by atoms with E-state index in [0.29, 0.717) is 29.2 Å². The first kappa shape index (κ1) is 21.3. The molecule has 0 fully saturated rings. The molecule has 0 nitrogen and oxygen atoms in total. The fourth-order valence-corrected chi connectivity index (χ4v) is 10.2. The molecule has 0 saturated heterocycles. The SMILES string of the molecule is CCP(CC)CC(C)(CP(CC)CC)CP(CC)CC. The van der Waals surface area contributed by atoms with Gasteiger partial charge in [0.25, 0.3) is 0 Å². The third kappa shape index (κ3) is 8.06. The van der Waals surface area contributed by atoms with Crippen LogP contribution in [0.15, 0.2) is 0 Å². The molecule has 20 heavy (non-hydrogen) atoms. The molecule has 0 heterocycles. The highest BCUT2D eigenvalue weighted by Crippen LogP contribution is 2.52. The van der Waals surface area contributed by atoms with E-state index in [2.05, 4.69) is 48.5 Å². The van der Waals surface area contributed by atoms with Crippen molar-refractivity contribution >= 4 is 23.8 Å². The van der Waals surface area contributed by atoms with Gasteiger partial charge in [-0.15, -0.1) is 23.8 Å². The average Bonchev–Trinajstić information content (AvgIpc) is 2.48. The minimum Gasteiger partial charge on any atom is -0.107 e. The maximum Gasteiger partial charge on any atom is -0.0208 e. The van der Waals surface area contributed by atoms with E-state index in [1.807, 2.05) is 0 Å². The predicted octanol–water partition coefficient (Wildman–Crippen LogP) is 6.56. The van der Waals surface area contributed by atoms with Crippen LogP contribution in [0, 0.1) is 5.41 Å². The molecule has 0 atom stereocenters. The molecule has 0 aromatic heterocycles. The summed E-state index contributed by atoms with van der Waals surface area (Å²) in [5, 5.41) is 0. The topological polar surface area (TPSA) is 0 Å². The highest BCUT2D eigenvalue weighted by Gasteiger charge is 2.31. The second kappa shape index (κ2) is 11.8. The largest absolute Gasteiger partial charge is 0.107 e. The number of hydrogen-bond donors (Lipinski definition) is 0. The van der Waals surface area contributed by atoms with Crippen molar-refractivity contribution in [1.82, 2.24) is 0 Å².